The second-order valence-electron chi connectivity index (χ2n) is 9.79. The lowest BCUT2D eigenvalue weighted by Crippen LogP contribution is -2.37. The number of fused-ring (bicyclic) bond motifs is 4. The summed E-state index contributed by atoms with van der Waals surface area (Å²) in [7, 11) is 1.29. The number of rotatable bonds is 2. The summed E-state index contributed by atoms with van der Waals surface area (Å²) >= 11 is 0. The van der Waals surface area contributed by atoms with Crippen molar-refractivity contribution in [1.29, 1.82) is 0 Å². The standard InChI is InChI=1S/C25H27N3O5/c1-25(2,3)21-23-28-19(22-26-17(12-32-22)24(30)31-4)20(33-23)15-9-8-14-7-5-13(11-16(14)15)6-10-18(29)27-21/h5,7,11-12,15,21H,6,8-10H2,1-4H3,(H,27,29). The molecular formula is C25H27N3O5. The third-order valence-electron chi connectivity index (χ3n) is 6.43. The van der Waals surface area contributed by atoms with E-state index in [2.05, 4.69) is 28.5 Å². The van der Waals surface area contributed by atoms with Crippen molar-refractivity contribution in [1.82, 2.24) is 15.3 Å². The van der Waals surface area contributed by atoms with Crippen molar-refractivity contribution in [3.05, 3.63) is 58.5 Å². The summed E-state index contributed by atoms with van der Waals surface area (Å²) < 4.78 is 16.8. The Labute approximate surface area is 191 Å². The van der Waals surface area contributed by atoms with Crippen molar-refractivity contribution in [3.63, 3.8) is 0 Å². The highest BCUT2D eigenvalue weighted by atomic mass is 16.5. The molecule has 0 saturated carbocycles. The molecule has 172 valence electrons. The first-order valence-electron chi connectivity index (χ1n) is 11.2. The summed E-state index contributed by atoms with van der Waals surface area (Å²) in [5.74, 6) is 0.584. The SMILES string of the molecule is COC(=O)c1coc(-c2nc3oc2C2CCc4ccc(cc42)CCC(=O)NC3C(C)(C)C)n1. The van der Waals surface area contributed by atoms with E-state index in [1.807, 2.05) is 20.8 Å². The smallest absolute Gasteiger partial charge is 0.360 e. The zero-order chi connectivity index (χ0) is 23.3. The molecule has 8 heteroatoms. The molecule has 0 saturated heterocycles. The molecule has 3 aromatic rings. The van der Waals surface area contributed by atoms with Crippen LogP contribution in [0, 0.1) is 5.41 Å². The zero-order valence-electron chi connectivity index (χ0n) is 19.2. The number of nitrogens with one attached hydrogen (secondary N) is 1. The lowest BCUT2D eigenvalue weighted by atomic mass is 9.86. The van der Waals surface area contributed by atoms with Gasteiger partial charge in [0.15, 0.2) is 11.4 Å². The predicted molar refractivity (Wildman–Crippen MR) is 119 cm³/mol. The quantitative estimate of drug-likeness (QED) is 0.580. The number of esters is 1. The highest BCUT2D eigenvalue weighted by Gasteiger charge is 2.38. The van der Waals surface area contributed by atoms with Crippen LogP contribution in [0.5, 0.6) is 0 Å². The molecule has 33 heavy (non-hydrogen) atoms. The maximum atomic E-state index is 12.8. The third-order valence-corrected chi connectivity index (χ3v) is 6.43. The minimum absolute atomic E-state index is 0.0135. The maximum absolute atomic E-state index is 12.8. The minimum atomic E-state index is -0.586. The Kier molecular flexibility index (Phi) is 5.11. The lowest BCUT2D eigenvalue weighted by molar-refractivity contribution is -0.122. The Morgan fingerprint density at radius 3 is 2.76 bits per heavy atom. The van der Waals surface area contributed by atoms with Gasteiger partial charge in [-0.3, -0.25) is 4.79 Å². The highest BCUT2D eigenvalue weighted by Crippen LogP contribution is 2.45. The summed E-state index contributed by atoms with van der Waals surface area (Å²) in [4.78, 5) is 33.8. The van der Waals surface area contributed by atoms with Crippen molar-refractivity contribution in [2.24, 2.45) is 5.41 Å². The van der Waals surface area contributed by atoms with Crippen molar-refractivity contribution in [2.75, 3.05) is 7.11 Å². The fraction of sp³-hybridized carbons (Fsp3) is 0.440. The van der Waals surface area contributed by atoms with Crippen LogP contribution in [0.3, 0.4) is 0 Å². The van der Waals surface area contributed by atoms with Gasteiger partial charge < -0.3 is 18.9 Å². The lowest BCUT2D eigenvalue weighted by Gasteiger charge is -2.29. The van der Waals surface area contributed by atoms with Crippen molar-refractivity contribution in [2.45, 2.75) is 58.4 Å². The van der Waals surface area contributed by atoms with E-state index in [0.29, 0.717) is 30.2 Å². The summed E-state index contributed by atoms with van der Waals surface area (Å²) in [6.07, 6.45) is 4.12. The van der Waals surface area contributed by atoms with Gasteiger partial charge in [-0.2, -0.15) is 0 Å². The first kappa shape index (κ1) is 21.4. The number of ether oxygens (including phenoxy) is 1. The topological polar surface area (TPSA) is 107 Å². The first-order valence-corrected chi connectivity index (χ1v) is 11.2. The zero-order valence-corrected chi connectivity index (χ0v) is 19.2. The molecule has 4 bridgehead atoms. The number of methoxy groups -OCH3 is 1. The Balaban J connectivity index is 1.70. The average molecular weight is 450 g/mol. The van der Waals surface area contributed by atoms with E-state index in [1.165, 1.54) is 24.5 Å². The van der Waals surface area contributed by atoms with Crippen molar-refractivity contribution in [3.8, 4) is 11.6 Å². The van der Waals surface area contributed by atoms with E-state index >= 15 is 0 Å². The summed E-state index contributed by atoms with van der Waals surface area (Å²) in [6.45, 7) is 6.10. The van der Waals surface area contributed by atoms with Crippen LogP contribution in [-0.4, -0.2) is 29.0 Å². The normalized spacial score (nSPS) is 20.1. The number of aryl methyl sites for hydroxylation is 2. The fourth-order valence-electron chi connectivity index (χ4n) is 4.66. The Hall–Kier alpha value is -3.42. The molecule has 2 atom stereocenters. The number of carbonyl (C=O) groups excluding carboxylic acids is 2. The molecule has 1 N–H and O–H groups in total. The molecule has 2 aliphatic rings. The van der Waals surface area contributed by atoms with Crippen LogP contribution < -0.4 is 5.32 Å². The first-order chi connectivity index (χ1) is 15.7. The molecule has 0 fully saturated rings. The molecule has 8 nitrogen and oxygen atoms in total. The van der Waals surface area contributed by atoms with Gasteiger partial charge in [0.2, 0.25) is 17.7 Å². The average Bonchev–Trinajstić information content (AvgIpc) is 3.51. The monoisotopic (exact) mass is 449 g/mol. The molecule has 1 aliphatic heterocycles. The number of amides is 1. The second-order valence-corrected chi connectivity index (χ2v) is 9.79. The van der Waals surface area contributed by atoms with Gasteiger partial charge in [-0.15, -0.1) is 0 Å². The number of nitrogens with zero attached hydrogens (tertiary/aromatic N) is 2. The predicted octanol–water partition coefficient (Wildman–Crippen LogP) is 4.34. The number of hydrogen-bond acceptors (Lipinski definition) is 7. The Morgan fingerprint density at radius 1 is 1.18 bits per heavy atom. The van der Waals surface area contributed by atoms with Gasteiger partial charge in [0.1, 0.15) is 18.1 Å². The molecule has 5 rings (SSSR count). The molecule has 0 radical (unpaired) electrons. The van der Waals surface area contributed by atoms with E-state index < -0.39 is 12.0 Å². The van der Waals surface area contributed by atoms with E-state index in [4.69, 9.17) is 18.6 Å². The van der Waals surface area contributed by atoms with Gasteiger partial charge >= 0.3 is 5.97 Å². The third kappa shape index (κ3) is 3.83. The minimum Gasteiger partial charge on any atom is -0.464 e. The van der Waals surface area contributed by atoms with Gasteiger partial charge in [0.25, 0.3) is 0 Å². The number of carbonyl (C=O) groups is 2. The highest BCUT2D eigenvalue weighted by molar-refractivity contribution is 5.87. The van der Waals surface area contributed by atoms with Crippen molar-refractivity contribution < 1.29 is 23.2 Å². The van der Waals surface area contributed by atoms with Crippen LogP contribution in [0.2, 0.25) is 0 Å². The van der Waals surface area contributed by atoms with Gasteiger partial charge in [0.05, 0.1) is 7.11 Å². The summed E-state index contributed by atoms with van der Waals surface area (Å²) in [6, 6.07) is 5.98. The molecule has 1 amide bonds. The van der Waals surface area contributed by atoms with Crippen LogP contribution in [0.15, 0.2) is 33.3 Å². The number of aromatic nitrogens is 2. The molecule has 0 spiro atoms. The number of oxazole rings is 2. The van der Waals surface area contributed by atoms with E-state index in [1.54, 1.807) is 0 Å². The van der Waals surface area contributed by atoms with Crippen LogP contribution in [0.1, 0.15) is 84.4 Å². The van der Waals surface area contributed by atoms with Crippen LogP contribution >= 0.6 is 0 Å². The van der Waals surface area contributed by atoms with Crippen LogP contribution in [0.4, 0.5) is 0 Å². The van der Waals surface area contributed by atoms with E-state index in [-0.39, 0.29) is 28.8 Å². The number of hydrogen-bond donors (Lipinski definition) is 1. The Morgan fingerprint density at radius 2 is 2.00 bits per heavy atom. The molecule has 1 aromatic carbocycles. The summed E-state index contributed by atoms with van der Waals surface area (Å²) in [5.41, 5.74) is 3.74. The fourth-order valence-corrected chi connectivity index (χ4v) is 4.66. The molecule has 1 aliphatic carbocycles. The second kappa shape index (κ2) is 7.86. The molecule has 2 unspecified atom stereocenters. The van der Waals surface area contributed by atoms with Gasteiger partial charge in [-0.05, 0) is 41.4 Å². The van der Waals surface area contributed by atoms with Gasteiger partial charge in [-0.1, -0.05) is 39.0 Å². The van der Waals surface area contributed by atoms with Crippen LogP contribution in [0.25, 0.3) is 11.6 Å². The van der Waals surface area contributed by atoms with Crippen molar-refractivity contribution >= 4 is 11.9 Å². The molecule has 2 aromatic heterocycles. The van der Waals surface area contributed by atoms with Crippen LogP contribution in [-0.2, 0) is 22.4 Å². The summed E-state index contributed by atoms with van der Waals surface area (Å²) in [5, 5.41) is 3.11. The number of benzene rings is 1. The maximum Gasteiger partial charge on any atom is 0.360 e. The van der Waals surface area contributed by atoms with Gasteiger partial charge in [0, 0.05) is 12.3 Å². The van der Waals surface area contributed by atoms with E-state index in [9.17, 15) is 9.59 Å². The molecular weight excluding hydrogens is 422 g/mol. The Bertz CT molecular complexity index is 1230. The van der Waals surface area contributed by atoms with Gasteiger partial charge in [-0.25, -0.2) is 14.8 Å². The molecule has 3 heterocycles. The van der Waals surface area contributed by atoms with E-state index in [0.717, 1.165) is 18.4 Å². The largest absolute Gasteiger partial charge is 0.464 e.